The van der Waals surface area contributed by atoms with Crippen LogP contribution in [0.3, 0.4) is 0 Å². The van der Waals surface area contributed by atoms with Gasteiger partial charge in [0.05, 0.1) is 12.1 Å². The molecule has 1 fully saturated rings. The fourth-order valence-electron chi connectivity index (χ4n) is 3.06. The van der Waals surface area contributed by atoms with E-state index in [0.29, 0.717) is 18.7 Å². The van der Waals surface area contributed by atoms with Gasteiger partial charge in [0.15, 0.2) is 5.69 Å². The maximum Gasteiger partial charge on any atom is 0.273 e. The second-order valence-corrected chi connectivity index (χ2v) is 6.91. The Labute approximate surface area is 152 Å². The Morgan fingerprint density at radius 1 is 1.46 bits per heavy atom. The number of likely N-dealkylation sites (tertiary alicyclic amines) is 1. The van der Waals surface area contributed by atoms with Crippen molar-refractivity contribution in [3.8, 4) is 0 Å². The molecule has 2 aromatic heterocycles. The Balaban J connectivity index is 1.52. The Morgan fingerprint density at radius 3 is 2.85 bits per heavy atom. The van der Waals surface area contributed by atoms with Gasteiger partial charge < -0.3 is 19.8 Å². The molecule has 0 aliphatic carbocycles. The Hall–Kier alpha value is -2.45. The van der Waals surface area contributed by atoms with Crippen LogP contribution >= 0.6 is 0 Å². The summed E-state index contributed by atoms with van der Waals surface area (Å²) in [6.45, 7) is 3.74. The molecule has 1 saturated heterocycles. The molecular formula is C18H25N5O3. The average Bonchev–Trinajstić information content (AvgIpc) is 3.04. The van der Waals surface area contributed by atoms with Gasteiger partial charge in [0.2, 0.25) is 0 Å². The number of anilines is 1. The lowest BCUT2D eigenvalue weighted by Gasteiger charge is -2.36. The molecule has 140 valence electrons. The molecule has 2 atom stereocenters. The molecule has 1 aliphatic rings. The zero-order valence-corrected chi connectivity index (χ0v) is 15.3. The third-order valence-corrected chi connectivity index (χ3v) is 4.52. The Bertz CT molecular complexity index is 744. The van der Waals surface area contributed by atoms with Gasteiger partial charge in [-0.1, -0.05) is 11.2 Å². The Morgan fingerprint density at radius 2 is 2.27 bits per heavy atom. The molecule has 0 radical (unpaired) electrons. The van der Waals surface area contributed by atoms with Crippen LogP contribution in [0.1, 0.15) is 28.2 Å². The number of pyridine rings is 1. The molecule has 0 unspecified atom stereocenters. The molecule has 8 nitrogen and oxygen atoms in total. The summed E-state index contributed by atoms with van der Waals surface area (Å²) in [4.78, 5) is 20.7. The summed E-state index contributed by atoms with van der Waals surface area (Å²) < 4.78 is 4.92. The molecule has 1 aliphatic heterocycles. The fourth-order valence-corrected chi connectivity index (χ4v) is 3.06. The lowest BCUT2D eigenvalue weighted by Crippen LogP contribution is -2.53. The van der Waals surface area contributed by atoms with Gasteiger partial charge in [-0.05, 0) is 25.0 Å². The van der Waals surface area contributed by atoms with Crippen molar-refractivity contribution >= 4 is 11.7 Å². The highest BCUT2D eigenvalue weighted by Gasteiger charge is 2.29. The van der Waals surface area contributed by atoms with Gasteiger partial charge in [-0.25, -0.2) is 4.98 Å². The molecule has 2 aromatic rings. The number of nitrogens with zero attached hydrogens (tertiary/aromatic N) is 4. The second-order valence-electron chi connectivity index (χ2n) is 6.91. The van der Waals surface area contributed by atoms with Crippen LogP contribution in [-0.4, -0.2) is 65.4 Å². The van der Waals surface area contributed by atoms with Crippen LogP contribution in [-0.2, 0) is 6.54 Å². The van der Waals surface area contributed by atoms with Gasteiger partial charge in [0.25, 0.3) is 5.91 Å². The van der Waals surface area contributed by atoms with Crippen LogP contribution < -0.4 is 10.2 Å². The van der Waals surface area contributed by atoms with E-state index in [1.165, 1.54) is 0 Å². The van der Waals surface area contributed by atoms with E-state index in [9.17, 15) is 9.90 Å². The SMILES string of the molecule is Cc1cc(C(=O)N[C@H]2CCN(Cc3ccc(N(C)C)nc3)C[C@@H]2O)no1. The van der Waals surface area contributed by atoms with E-state index >= 15 is 0 Å². The molecule has 3 rings (SSSR count). The molecule has 0 aromatic carbocycles. The van der Waals surface area contributed by atoms with Crippen molar-refractivity contribution in [2.45, 2.75) is 32.0 Å². The molecule has 3 heterocycles. The van der Waals surface area contributed by atoms with E-state index in [0.717, 1.165) is 24.5 Å². The van der Waals surface area contributed by atoms with Crippen molar-refractivity contribution in [2.24, 2.45) is 0 Å². The molecule has 2 N–H and O–H groups in total. The lowest BCUT2D eigenvalue weighted by atomic mass is 10.0. The minimum atomic E-state index is -0.630. The van der Waals surface area contributed by atoms with Gasteiger partial charge in [-0.2, -0.15) is 0 Å². The lowest BCUT2D eigenvalue weighted by molar-refractivity contribution is 0.0347. The van der Waals surface area contributed by atoms with Gasteiger partial charge in [0.1, 0.15) is 11.6 Å². The van der Waals surface area contributed by atoms with Gasteiger partial charge in [-0.15, -0.1) is 0 Å². The highest BCUT2D eigenvalue weighted by Crippen LogP contribution is 2.16. The number of carbonyl (C=O) groups excluding carboxylic acids is 1. The molecule has 0 bridgehead atoms. The number of piperidine rings is 1. The molecule has 26 heavy (non-hydrogen) atoms. The van der Waals surface area contributed by atoms with Gasteiger partial charge in [-0.3, -0.25) is 9.69 Å². The maximum absolute atomic E-state index is 12.2. The van der Waals surface area contributed by atoms with Crippen LogP contribution in [0.4, 0.5) is 5.82 Å². The van der Waals surface area contributed by atoms with Crippen molar-refractivity contribution in [1.29, 1.82) is 0 Å². The number of carbonyl (C=O) groups is 1. The number of hydrogen-bond acceptors (Lipinski definition) is 7. The maximum atomic E-state index is 12.2. The number of aliphatic hydroxyl groups is 1. The number of aryl methyl sites for hydroxylation is 1. The first-order valence-electron chi connectivity index (χ1n) is 8.69. The topological polar surface area (TPSA) is 94.7 Å². The van der Waals surface area contributed by atoms with Crippen LogP contribution in [0.2, 0.25) is 0 Å². The summed E-state index contributed by atoms with van der Waals surface area (Å²) in [5, 5.41) is 17.0. The first kappa shape index (κ1) is 18.3. The summed E-state index contributed by atoms with van der Waals surface area (Å²) in [5.74, 6) is 1.18. The molecule has 0 spiro atoms. The van der Waals surface area contributed by atoms with Gasteiger partial charge in [0, 0.05) is 46.0 Å². The number of β-amino-alcohol motifs (C(OH)–C–C–N with tert-alkyl or cyclic N) is 1. The van der Waals surface area contributed by atoms with E-state index in [1.54, 1.807) is 13.0 Å². The predicted octanol–water partition coefficient (Wildman–Crippen LogP) is 0.809. The zero-order chi connectivity index (χ0) is 18.7. The summed E-state index contributed by atoms with van der Waals surface area (Å²) in [5.41, 5.74) is 1.34. The predicted molar refractivity (Wildman–Crippen MR) is 97.0 cm³/mol. The van der Waals surface area contributed by atoms with Crippen molar-refractivity contribution in [3.05, 3.63) is 41.4 Å². The molecule has 0 saturated carbocycles. The highest BCUT2D eigenvalue weighted by molar-refractivity contribution is 5.92. The average molecular weight is 359 g/mol. The molecule has 8 heteroatoms. The number of nitrogens with one attached hydrogen (secondary N) is 1. The smallest absolute Gasteiger partial charge is 0.273 e. The van der Waals surface area contributed by atoms with Crippen LogP contribution in [0, 0.1) is 6.92 Å². The van der Waals surface area contributed by atoms with E-state index in [4.69, 9.17) is 4.52 Å². The number of amides is 1. The minimum Gasteiger partial charge on any atom is -0.390 e. The Kier molecular flexibility index (Phi) is 5.53. The summed E-state index contributed by atoms with van der Waals surface area (Å²) in [7, 11) is 3.91. The molecular weight excluding hydrogens is 334 g/mol. The normalized spacial score (nSPS) is 20.8. The largest absolute Gasteiger partial charge is 0.390 e. The minimum absolute atomic E-state index is 0.240. The zero-order valence-electron chi connectivity index (χ0n) is 15.3. The van der Waals surface area contributed by atoms with Crippen molar-refractivity contribution < 1.29 is 14.4 Å². The van der Waals surface area contributed by atoms with Crippen LogP contribution in [0.5, 0.6) is 0 Å². The standard InChI is InChI=1S/C18H25N5O3/c1-12-8-15(21-26-12)18(25)20-14-6-7-23(11-16(14)24)10-13-4-5-17(19-9-13)22(2)3/h4-5,8-9,14,16,24H,6-7,10-11H2,1-3H3,(H,20,25)/t14-,16-/m0/s1. The van der Waals surface area contributed by atoms with Crippen LogP contribution in [0.25, 0.3) is 0 Å². The second kappa shape index (κ2) is 7.84. The number of aromatic nitrogens is 2. The summed E-state index contributed by atoms with van der Waals surface area (Å²) >= 11 is 0. The van der Waals surface area contributed by atoms with Crippen LogP contribution in [0.15, 0.2) is 28.9 Å². The summed E-state index contributed by atoms with van der Waals surface area (Å²) in [6.07, 6.45) is 1.91. The first-order chi connectivity index (χ1) is 12.4. The van der Waals surface area contributed by atoms with E-state index < -0.39 is 6.10 Å². The molecule has 1 amide bonds. The van der Waals surface area contributed by atoms with E-state index in [2.05, 4.69) is 26.4 Å². The first-order valence-corrected chi connectivity index (χ1v) is 8.69. The van der Waals surface area contributed by atoms with Crippen molar-refractivity contribution in [3.63, 3.8) is 0 Å². The van der Waals surface area contributed by atoms with Crippen molar-refractivity contribution in [2.75, 3.05) is 32.1 Å². The third-order valence-electron chi connectivity index (χ3n) is 4.52. The number of rotatable bonds is 5. The summed E-state index contributed by atoms with van der Waals surface area (Å²) in [6, 6.07) is 5.33. The van der Waals surface area contributed by atoms with E-state index in [-0.39, 0.29) is 17.6 Å². The fraction of sp³-hybridized carbons (Fsp3) is 0.500. The van der Waals surface area contributed by atoms with Crippen molar-refractivity contribution in [1.82, 2.24) is 20.4 Å². The highest BCUT2D eigenvalue weighted by atomic mass is 16.5. The number of hydrogen-bond donors (Lipinski definition) is 2. The van der Waals surface area contributed by atoms with Gasteiger partial charge >= 0.3 is 0 Å². The van der Waals surface area contributed by atoms with E-state index in [1.807, 2.05) is 31.3 Å². The monoisotopic (exact) mass is 359 g/mol. The third kappa shape index (κ3) is 4.39. The number of aliphatic hydroxyl groups excluding tert-OH is 1. The quantitative estimate of drug-likeness (QED) is 0.816.